The molecule has 1 N–H and O–H groups in total. The molecule has 7 heteroatoms. The molecule has 0 spiro atoms. The molecule has 0 amide bonds. The molecular weight excluding hydrogens is 316 g/mol. The molecule has 0 saturated heterocycles. The Bertz CT molecular complexity index is 773. The third-order valence-corrected chi connectivity index (χ3v) is 3.42. The van der Waals surface area contributed by atoms with Crippen LogP contribution in [0.3, 0.4) is 0 Å². The van der Waals surface area contributed by atoms with Gasteiger partial charge < -0.3 is 14.1 Å². The highest BCUT2D eigenvalue weighted by Crippen LogP contribution is 2.20. The van der Waals surface area contributed by atoms with Crippen LogP contribution in [-0.2, 0) is 6.54 Å². The minimum absolute atomic E-state index is 0.468. The molecule has 0 saturated carbocycles. The van der Waals surface area contributed by atoms with Gasteiger partial charge in [-0.1, -0.05) is 21.1 Å². The van der Waals surface area contributed by atoms with Gasteiger partial charge in [-0.05, 0) is 37.3 Å². The van der Waals surface area contributed by atoms with Crippen molar-refractivity contribution in [1.82, 2.24) is 19.7 Å². The van der Waals surface area contributed by atoms with E-state index >= 15 is 0 Å². The van der Waals surface area contributed by atoms with E-state index in [-0.39, 0.29) is 0 Å². The third-order valence-electron chi connectivity index (χ3n) is 2.60. The van der Waals surface area contributed by atoms with Gasteiger partial charge in [0, 0.05) is 4.47 Å². The summed E-state index contributed by atoms with van der Waals surface area (Å²) in [5, 5.41) is 3.77. The number of hydrogen-bond donors (Lipinski definition) is 1. The van der Waals surface area contributed by atoms with Gasteiger partial charge >= 0.3 is 0 Å². The first-order chi connectivity index (χ1) is 8.63. The highest BCUT2D eigenvalue weighted by Gasteiger charge is 2.09. The molecule has 3 aromatic rings. The van der Waals surface area contributed by atoms with E-state index in [4.69, 9.17) is 16.7 Å². The molecule has 0 radical (unpaired) electrons. The minimum atomic E-state index is 0.468. The molecule has 18 heavy (non-hydrogen) atoms. The van der Waals surface area contributed by atoms with Gasteiger partial charge in [0.05, 0.1) is 11.0 Å². The number of nitrogens with one attached hydrogen (secondary N) is 1. The number of aromatic amines is 1. The SMILES string of the molecule is Cc1noc(Cn2c(=S)[nH]c3ccc(Br)cc32)n1. The van der Waals surface area contributed by atoms with Crippen molar-refractivity contribution in [1.29, 1.82) is 0 Å². The maximum absolute atomic E-state index is 5.30. The average Bonchev–Trinajstić information content (AvgIpc) is 2.86. The summed E-state index contributed by atoms with van der Waals surface area (Å²) in [6.07, 6.45) is 0. The van der Waals surface area contributed by atoms with Crippen molar-refractivity contribution < 1.29 is 4.52 Å². The van der Waals surface area contributed by atoms with E-state index in [9.17, 15) is 0 Å². The van der Waals surface area contributed by atoms with Crippen molar-refractivity contribution in [3.05, 3.63) is 39.2 Å². The quantitative estimate of drug-likeness (QED) is 0.735. The molecular formula is C11H9BrN4OS. The van der Waals surface area contributed by atoms with Crippen LogP contribution in [-0.4, -0.2) is 19.7 Å². The molecule has 0 atom stereocenters. The number of hydrogen-bond acceptors (Lipinski definition) is 4. The number of imidazole rings is 1. The Morgan fingerprint density at radius 3 is 3.06 bits per heavy atom. The highest BCUT2D eigenvalue weighted by molar-refractivity contribution is 9.10. The van der Waals surface area contributed by atoms with E-state index in [1.807, 2.05) is 22.8 Å². The molecule has 0 bridgehead atoms. The fourth-order valence-corrected chi connectivity index (χ4v) is 2.44. The van der Waals surface area contributed by atoms with Gasteiger partial charge in [0.25, 0.3) is 0 Å². The highest BCUT2D eigenvalue weighted by atomic mass is 79.9. The zero-order chi connectivity index (χ0) is 12.7. The molecule has 0 unspecified atom stereocenters. The standard InChI is InChI=1S/C11H9BrN4OS/c1-6-13-10(17-15-6)5-16-9-4-7(12)2-3-8(9)14-11(16)18/h2-4H,5H2,1H3,(H,14,18). The van der Waals surface area contributed by atoms with Crippen LogP contribution in [0.15, 0.2) is 27.2 Å². The fourth-order valence-electron chi connectivity index (χ4n) is 1.82. The molecule has 3 rings (SSSR count). The molecule has 0 aliphatic heterocycles. The average molecular weight is 325 g/mol. The Hall–Kier alpha value is -1.47. The lowest BCUT2D eigenvalue weighted by atomic mass is 10.3. The summed E-state index contributed by atoms with van der Waals surface area (Å²) in [7, 11) is 0. The first kappa shape index (κ1) is 11.6. The molecule has 92 valence electrons. The van der Waals surface area contributed by atoms with E-state index in [0.717, 1.165) is 15.5 Å². The lowest BCUT2D eigenvalue weighted by molar-refractivity contribution is 0.368. The van der Waals surface area contributed by atoms with Gasteiger partial charge in [0.1, 0.15) is 6.54 Å². The maximum Gasteiger partial charge on any atom is 0.246 e. The third kappa shape index (κ3) is 1.99. The van der Waals surface area contributed by atoms with Crippen LogP contribution in [0.1, 0.15) is 11.7 Å². The number of fused-ring (bicyclic) bond motifs is 1. The van der Waals surface area contributed by atoms with Gasteiger partial charge in [0.2, 0.25) is 5.89 Å². The molecule has 0 fully saturated rings. The largest absolute Gasteiger partial charge is 0.337 e. The van der Waals surface area contributed by atoms with Crippen LogP contribution in [0.25, 0.3) is 11.0 Å². The van der Waals surface area contributed by atoms with Crippen molar-refractivity contribution in [2.24, 2.45) is 0 Å². The van der Waals surface area contributed by atoms with Crippen LogP contribution < -0.4 is 0 Å². The predicted molar refractivity (Wildman–Crippen MR) is 73.0 cm³/mol. The lowest BCUT2D eigenvalue weighted by Crippen LogP contribution is -2.00. The number of benzene rings is 1. The second kappa shape index (κ2) is 4.33. The number of aryl methyl sites for hydroxylation is 1. The summed E-state index contributed by atoms with van der Waals surface area (Å²) >= 11 is 8.76. The van der Waals surface area contributed by atoms with Gasteiger partial charge in [-0.3, -0.25) is 0 Å². The first-order valence-corrected chi connectivity index (χ1v) is 6.51. The monoisotopic (exact) mass is 324 g/mol. The van der Waals surface area contributed by atoms with E-state index in [1.54, 1.807) is 6.92 Å². The van der Waals surface area contributed by atoms with Gasteiger partial charge in [-0.15, -0.1) is 0 Å². The summed E-state index contributed by atoms with van der Waals surface area (Å²) < 4.78 is 8.69. The summed E-state index contributed by atoms with van der Waals surface area (Å²) in [4.78, 5) is 7.33. The topological polar surface area (TPSA) is 59.6 Å². The normalized spacial score (nSPS) is 11.2. The zero-order valence-corrected chi connectivity index (χ0v) is 11.9. The van der Waals surface area contributed by atoms with E-state index in [1.165, 1.54) is 0 Å². The van der Waals surface area contributed by atoms with Crippen molar-refractivity contribution in [2.45, 2.75) is 13.5 Å². The van der Waals surface area contributed by atoms with Crippen LogP contribution >= 0.6 is 28.1 Å². The fraction of sp³-hybridized carbons (Fsp3) is 0.182. The number of rotatable bonds is 2. The van der Waals surface area contributed by atoms with Crippen molar-refractivity contribution in [3.63, 3.8) is 0 Å². The van der Waals surface area contributed by atoms with Crippen LogP contribution in [0.5, 0.6) is 0 Å². The molecule has 2 aromatic heterocycles. The Morgan fingerprint density at radius 1 is 1.50 bits per heavy atom. The summed E-state index contributed by atoms with van der Waals surface area (Å²) in [5.41, 5.74) is 1.99. The van der Waals surface area contributed by atoms with Crippen molar-refractivity contribution >= 4 is 39.2 Å². The Balaban J connectivity index is 2.13. The zero-order valence-electron chi connectivity index (χ0n) is 9.48. The predicted octanol–water partition coefficient (Wildman–Crippen LogP) is 3.20. The Labute approximate surface area is 116 Å². The van der Waals surface area contributed by atoms with E-state index in [2.05, 4.69) is 31.1 Å². The number of H-pyrrole nitrogens is 1. The van der Waals surface area contributed by atoms with Crippen molar-refractivity contribution in [2.75, 3.05) is 0 Å². The van der Waals surface area contributed by atoms with Crippen molar-refractivity contribution in [3.8, 4) is 0 Å². The summed E-state index contributed by atoms with van der Waals surface area (Å²) in [6, 6.07) is 5.95. The number of halogens is 1. The second-order valence-electron chi connectivity index (χ2n) is 3.91. The van der Waals surface area contributed by atoms with Gasteiger partial charge in [-0.25, -0.2) is 0 Å². The number of aromatic nitrogens is 4. The Morgan fingerprint density at radius 2 is 2.33 bits per heavy atom. The smallest absolute Gasteiger partial charge is 0.246 e. The molecule has 5 nitrogen and oxygen atoms in total. The van der Waals surface area contributed by atoms with Gasteiger partial charge in [-0.2, -0.15) is 4.98 Å². The number of nitrogens with zero attached hydrogens (tertiary/aromatic N) is 3. The lowest BCUT2D eigenvalue weighted by Gasteiger charge is -2.00. The van der Waals surface area contributed by atoms with Crippen LogP contribution in [0, 0.1) is 11.7 Å². The summed E-state index contributed by atoms with van der Waals surface area (Å²) in [6.45, 7) is 2.26. The molecule has 0 aliphatic rings. The minimum Gasteiger partial charge on any atom is -0.337 e. The second-order valence-corrected chi connectivity index (χ2v) is 5.22. The summed E-state index contributed by atoms with van der Waals surface area (Å²) in [5.74, 6) is 1.17. The van der Waals surface area contributed by atoms with Gasteiger partial charge in [0.15, 0.2) is 10.6 Å². The maximum atomic E-state index is 5.30. The molecule has 0 aliphatic carbocycles. The Kier molecular flexibility index (Phi) is 2.79. The first-order valence-electron chi connectivity index (χ1n) is 5.31. The van der Waals surface area contributed by atoms with Crippen LogP contribution in [0.4, 0.5) is 0 Å². The van der Waals surface area contributed by atoms with E-state index in [0.29, 0.717) is 23.0 Å². The molecule has 1 aromatic carbocycles. The van der Waals surface area contributed by atoms with E-state index < -0.39 is 0 Å². The molecule has 2 heterocycles. The van der Waals surface area contributed by atoms with Crippen LogP contribution in [0.2, 0.25) is 0 Å².